The molecule has 132 valence electrons. The molecule has 3 aliphatic carbocycles. The van der Waals surface area contributed by atoms with Gasteiger partial charge in [0.1, 0.15) is 0 Å². The number of aliphatic hydroxyl groups excluding tert-OH is 2. The largest absolute Gasteiger partial charge is 0.396 e. The molecule has 0 spiro atoms. The molecule has 3 rings (SSSR count). The van der Waals surface area contributed by atoms with Crippen LogP contribution in [0.1, 0.15) is 59.8 Å². The van der Waals surface area contributed by atoms with E-state index in [2.05, 4.69) is 26.8 Å². The molecule has 0 aromatic carbocycles. The lowest BCUT2D eigenvalue weighted by atomic mass is 9.64. The third-order valence-electron chi connectivity index (χ3n) is 7.31. The maximum Gasteiger partial charge on any atom is 0.0709 e. The quantitative estimate of drug-likeness (QED) is 0.685. The molecule has 0 aromatic heterocycles. The van der Waals surface area contributed by atoms with Gasteiger partial charge in [-0.1, -0.05) is 32.4 Å². The van der Waals surface area contributed by atoms with Crippen LogP contribution < -0.4 is 0 Å². The molecule has 0 bridgehead atoms. The molecule has 0 aromatic rings. The fourth-order valence-electron chi connectivity index (χ4n) is 6.09. The van der Waals surface area contributed by atoms with Gasteiger partial charge in [-0.05, 0) is 68.1 Å². The third kappa shape index (κ3) is 2.79. The Morgan fingerprint density at radius 3 is 2.61 bits per heavy atom. The number of allylic oxidation sites excluding steroid dienone is 1. The lowest BCUT2D eigenvalue weighted by molar-refractivity contribution is -0.0709. The summed E-state index contributed by atoms with van der Waals surface area (Å²) in [6, 6.07) is 0. The monoisotopic (exact) mass is 322 g/mol. The fourth-order valence-corrected chi connectivity index (χ4v) is 6.09. The van der Waals surface area contributed by atoms with Crippen LogP contribution in [0.5, 0.6) is 0 Å². The third-order valence-corrected chi connectivity index (χ3v) is 7.31. The van der Waals surface area contributed by atoms with Gasteiger partial charge in [0, 0.05) is 12.5 Å². The highest BCUT2D eigenvalue weighted by Gasteiger charge is 2.55. The van der Waals surface area contributed by atoms with E-state index in [-0.39, 0.29) is 29.8 Å². The molecule has 3 nitrogen and oxygen atoms in total. The van der Waals surface area contributed by atoms with Crippen LogP contribution in [0.15, 0.2) is 11.6 Å². The van der Waals surface area contributed by atoms with Gasteiger partial charge in [-0.15, -0.1) is 0 Å². The van der Waals surface area contributed by atoms with E-state index in [4.69, 9.17) is 0 Å². The molecule has 2 saturated carbocycles. The molecule has 2 fully saturated rings. The van der Waals surface area contributed by atoms with Gasteiger partial charge in [0.15, 0.2) is 0 Å². The minimum absolute atomic E-state index is 0.118. The Kier molecular flexibility index (Phi) is 4.44. The average molecular weight is 322 g/mol. The Morgan fingerprint density at radius 2 is 2.00 bits per heavy atom. The van der Waals surface area contributed by atoms with Gasteiger partial charge in [-0.2, -0.15) is 0 Å². The highest BCUT2D eigenvalue weighted by Crippen LogP contribution is 2.58. The van der Waals surface area contributed by atoms with E-state index in [1.807, 2.05) is 6.92 Å². The molecule has 0 saturated heterocycles. The summed E-state index contributed by atoms with van der Waals surface area (Å²) >= 11 is 0. The van der Waals surface area contributed by atoms with Crippen molar-refractivity contribution in [2.45, 2.75) is 71.5 Å². The van der Waals surface area contributed by atoms with Crippen molar-refractivity contribution in [3.8, 4) is 0 Å². The summed E-state index contributed by atoms with van der Waals surface area (Å²) in [7, 11) is 0. The molecule has 3 heteroatoms. The minimum atomic E-state index is -0.882. The Hall–Kier alpha value is -0.380. The molecule has 0 amide bonds. The standard InChI is InChI=1S/C20H34O3/c1-12(2)14-5-7-19(3)10-15-13(11-21)9-17(22)18(15)20(4,23)8-6-16(14)19/h6,12-15,17-18,21-23H,5,7-11H2,1-4H3/t13-,14-,15+,17-,18-,19+,20+/m0/s1. The Morgan fingerprint density at radius 1 is 1.30 bits per heavy atom. The van der Waals surface area contributed by atoms with Gasteiger partial charge in [0.05, 0.1) is 11.7 Å². The normalized spacial score (nSPS) is 50.3. The first-order chi connectivity index (χ1) is 10.7. The van der Waals surface area contributed by atoms with E-state index in [1.165, 1.54) is 18.4 Å². The first-order valence-electron chi connectivity index (χ1n) is 9.41. The first kappa shape index (κ1) is 17.4. The maximum absolute atomic E-state index is 11.1. The predicted molar refractivity (Wildman–Crippen MR) is 91.8 cm³/mol. The van der Waals surface area contributed by atoms with Gasteiger partial charge in [0.2, 0.25) is 0 Å². The topological polar surface area (TPSA) is 60.7 Å². The van der Waals surface area contributed by atoms with E-state index < -0.39 is 11.7 Å². The van der Waals surface area contributed by atoms with E-state index >= 15 is 0 Å². The molecule has 3 N–H and O–H groups in total. The number of rotatable bonds is 2. The molecule has 0 aliphatic heterocycles. The first-order valence-corrected chi connectivity index (χ1v) is 9.41. The summed E-state index contributed by atoms with van der Waals surface area (Å²) in [5.41, 5.74) is 0.822. The summed E-state index contributed by atoms with van der Waals surface area (Å²) < 4.78 is 0. The van der Waals surface area contributed by atoms with Crippen molar-refractivity contribution in [1.29, 1.82) is 0 Å². The highest BCUT2D eigenvalue weighted by molar-refractivity contribution is 5.26. The Bertz CT molecular complexity index is 481. The van der Waals surface area contributed by atoms with Crippen LogP contribution in [0.3, 0.4) is 0 Å². The minimum Gasteiger partial charge on any atom is -0.396 e. The smallest absolute Gasteiger partial charge is 0.0709 e. The van der Waals surface area contributed by atoms with Crippen molar-refractivity contribution in [1.82, 2.24) is 0 Å². The zero-order valence-electron chi connectivity index (χ0n) is 15.1. The summed E-state index contributed by atoms with van der Waals surface area (Å²) in [6.07, 6.45) is 6.47. The van der Waals surface area contributed by atoms with Crippen molar-refractivity contribution < 1.29 is 15.3 Å². The second kappa shape index (κ2) is 5.86. The molecular weight excluding hydrogens is 288 g/mol. The highest BCUT2D eigenvalue weighted by atomic mass is 16.3. The molecule has 3 aliphatic rings. The van der Waals surface area contributed by atoms with Crippen molar-refractivity contribution in [2.24, 2.45) is 35.0 Å². The van der Waals surface area contributed by atoms with Gasteiger partial charge >= 0.3 is 0 Å². The SMILES string of the molecule is CC(C)[C@@H]1CC[C@]2(C)C[C@@H]3[C@H](CO)C[C@H](O)[C@H]3[C@](C)(O)CC=C12. The van der Waals surface area contributed by atoms with Crippen LogP contribution in [0.4, 0.5) is 0 Å². The average Bonchev–Trinajstić information content (AvgIpc) is 2.93. The van der Waals surface area contributed by atoms with Crippen molar-refractivity contribution >= 4 is 0 Å². The molecule has 0 heterocycles. The van der Waals surface area contributed by atoms with Crippen LogP contribution in [0.25, 0.3) is 0 Å². The number of hydrogen-bond donors (Lipinski definition) is 3. The predicted octanol–water partition coefficient (Wildman–Crippen LogP) is 3.14. The van der Waals surface area contributed by atoms with Crippen molar-refractivity contribution in [3.63, 3.8) is 0 Å². The fraction of sp³-hybridized carbons (Fsp3) is 0.900. The van der Waals surface area contributed by atoms with E-state index in [1.54, 1.807) is 0 Å². The van der Waals surface area contributed by atoms with Crippen LogP contribution >= 0.6 is 0 Å². The summed E-state index contributed by atoms with van der Waals surface area (Å²) in [5, 5.41) is 31.4. The Labute approximate surface area is 140 Å². The number of aliphatic hydroxyl groups is 3. The summed E-state index contributed by atoms with van der Waals surface area (Å²) in [5.74, 6) is 1.46. The van der Waals surface area contributed by atoms with Crippen LogP contribution in [0.2, 0.25) is 0 Å². The molecule has 23 heavy (non-hydrogen) atoms. The van der Waals surface area contributed by atoms with Gasteiger partial charge in [-0.3, -0.25) is 0 Å². The van der Waals surface area contributed by atoms with Crippen molar-refractivity contribution in [3.05, 3.63) is 11.6 Å². The van der Waals surface area contributed by atoms with E-state index in [9.17, 15) is 15.3 Å². The van der Waals surface area contributed by atoms with Crippen molar-refractivity contribution in [2.75, 3.05) is 6.61 Å². The molecule has 0 radical (unpaired) electrons. The summed E-state index contributed by atoms with van der Waals surface area (Å²) in [6.45, 7) is 8.97. The van der Waals surface area contributed by atoms with Gasteiger partial charge < -0.3 is 15.3 Å². The zero-order valence-corrected chi connectivity index (χ0v) is 15.1. The molecule has 0 unspecified atom stereocenters. The maximum atomic E-state index is 11.1. The van der Waals surface area contributed by atoms with Gasteiger partial charge in [-0.25, -0.2) is 0 Å². The zero-order chi connectivity index (χ0) is 17.0. The molecule has 7 atom stereocenters. The van der Waals surface area contributed by atoms with Crippen LogP contribution in [0, 0.1) is 35.0 Å². The van der Waals surface area contributed by atoms with Crippen LogP contribution in [-0.4, -0.2) is 33.6 Å². The Balaban J connectivity index is 2.01. The lowest BCUT2D eigenvalue weighted by Crippen LogP contribution is -2.45. The summed E-state index contributed by atoms with van der Waals surface area (Å²) in [4.78, 5) is 0. The van der Waals surface area contributed by atoms with Gasteiger partial charge in [0.25, 0.3) is 0 Å². The second-order valence-corrected chi connectivity index (χ2v) is 9.31. The van der Waals surface area contributed by atoms with E-state index in [0.717, 1.165) is 6.42 Å². The lowest BCUT2D eigenvalue weighted by Gasteiger charge is -2.43. The number of fused-ring (bicyclic) bond motifs is 2. The second-order valence-electron chi connectivity index (χ2n) is 9.31. The molecular formula is C20H34O3. The van der Waals surface area contributed by atoms with Crippen LogP contribution in [-0.2, 0) is 0 Å². The van der Waals surface area contributed by atoms with E-state index in [0.29, 0.717) is 24.7 Å². The number of hydrogen-bond acceptors (Lipinski definition) is 3.